The third-order valence-electron chi connectivity index (χ3n) is 3.09. The zero-order valence-corrected chi connectivity index (χ0v) is 10.1. The Labute approximate surface area is 105 Å². The number of benzene rings is 1. The number of H-pyrrole nitrogens is 2. The van der Waals surface area contributed by atoms with Gasteiger partial charge in [-0.15, -0.1) is 0 Å². The van der Waals surface area contributed by atoms with Crippen LogP contribution in [0.4, 0.5) is 0 Å². The maximum absolute atomic E-state index is 4.20. The van der Waals surface area contributed by atoms with E-state index in [-0.39, 0.29) is 0 Å². The molecule has 0 saturated heterocycles. The second-order valence-electron chi connectivity index (χ2n) is 4.32. The van der Waals surface area contributed by atoms with Crippen molar-refractivity contribution in [1.29, 1.82) is 0 Å². The van der Waals surface area contributed by atoms with E-state index in [2.05, 4.69) is 44.5 Å². The van der Waals surface area contributed by atoms with E-state index in [0.717, 1.165) is 25.3 Å². The van der Waals surface area contributed by atoms with E-state index in [4.69, 9.17) is 0 Å². The minimum Gasteiger partial charge on any atom is -0.361 e. The van der Waals surface area contributed by atoms with Crippen LogP contribution in [0, 0.1) is 0 Å². The van der Waals surface area contributed by atoms with Crippen LogP contribution in [0.25, 0.3) is 10.9 Å². The zero-order chi connectivity index (χ0) is 12.2. The van der Waals surface area contributed by atoms with Crippen molar-refractivity contribution in [2.45, 2.75) is 13.0 Å². The van der Waals surface area contributed by atoms with Gasteiger partial charge in [0.25, 0.3) is 0 Å². The van der Waals surface area contributed by atoms with E-state index >= 15 is 0 Å². The van der Waals surface area contributed by atoms with Crippen molar-refractivity contribution in [3.63, 3.8) is 0 Å². The van der Waals surface area contributed by atoms with Crippen molar-refractivity contribution >= 4 is 10.9 Å². The lowest BCUT2D eigenvalue weighted by atomic mass is 10.1. The van der Waals surface area contributed by atoms with E-state index in [0.29, 0.717) is 0 Å². The average Bonchev–Trinajstić information content (AvgIpc) is 3.05. The Morgan fingerprint density at radius 1 is 1.11 bits per heavy atom. The fraction of sp³-hybridized carbons (Fsp3) is 0.214. The monoisotopic (exact) mass is 240 g/mol. The first-order valence-corrected chi connectivity index (χ1v) is 6.17. The zero-order valence-electron chi connectivity index (χ0n) is 10.1. The summed E-state index contributed by atoms with van der Waals surface area (Å²) in [6.07, 6.45) is 6.55. The maximum atomic E-state index is 4.20. The Kier molecular flexibility index (Phi) is 3.10. The van der Waals surface area contributed by atoms with Gasteiger partial charge in [-0.2, -0.15) is 0 Å². The van der Waals surface area contributed by atoms with Crippen molar-refractivity contribution in [1.82, 2.24) is 20.3 Å². The van der Waals surface area contributed by atoms with E-state index < -0.39 is 0 Å². The van der Waals surface area contributed by atoms with Crippen LogP contribution in [0.5, 0.6) is 0 Å². The molecule has 0 saturated carbocycles. The first-order chi connectivity index (χ1) is 8.93. The Balaban J connectivity index is 1.58. The van der Waals surface area contributed by atoms with Crippen LogP contribution in [0.1, 0.15) is 11.4 Å². The number of aromatic amines is 2. The van der Waals surface area contributed by atoms with Crippen molar-refractivity contribution in [3.8, 4) is 0 Å². The third kappa shape index (κ3) is 2.28. The molecule has 4 nitrogen and oxygen atoms in total. The van der Waals surface area contributed by atoms with Gasteiger partial charge in [-0.1, -0.05) is 12.1 Å². The maximum Gasteiger partial charge on any atom is 0.107 e. The summed E-state index contributed by atoms with van der Waals surface area (Å²) >= 11 is 0. The second-order valence-corrected chi connectivity index (χ2v) is 4.32. The molecule has 18 heavy (non-hydrogen) atoms. The lowest BCUT2D eigenvalue weighted by molar-refractivity contribution is 0.676. The van der Waals surface area contributed by atoms with Gasteiger partial charge in [0.1, 0.15) is 5.82 Å². The fourth-order valence-corrected chi connectivity index (χ4v) is 2.17. The van der Waals surface area contributed by atoms with E-state index in [9.17, 15) is 0 Å². The molecule has 3 aromatic rings. The van der Waals surface area contributed by atoms with Gasteiger partial charge in [0.15, 0.2) is 0 Å². The predicted octanol–water partition coefficient (Wildman–Crippen LogP) is 2.22. The largest absolute Gasteiger partial charge is 0.361 e. The lowest BCUT2D eigenvalue weighted by Gasteiger charge is -2.05. The van der Waals surface area contributed by atoms with Crippen molar-refractivity contribution in [3.05, 3.63) is 54.2 Å². The topological polar surface area (TPSA) is 56.5 Å². The molecule has 0 unspecified atom stereocenters. The van der Waals surface area contributed by atoms with Crippen molar-refractivity contribution in [2.75, 3.05) is 6.54 Å². The van der Waals surface area contributed by atoms with Crippen LogP contribution < -0.4 is 5.32 Å². The van der Waals surface area contributed by atoms with Gasteiger partial charge < -0.3 is 15.3 Å². The summed E-state index contributed by atoms with van der Waals surface area (Å²) in [5, 5.41) is 4.74. The molecule has 0 amide bonds. The summed E-state index contributed by atoms with van der Waals surface area (Å²) in [6, 6.07) is 8.47. The second kappa shape index (κ2) is 5.06. The Morgan fingerprint density at radius 3 is 3.00 bits per heavy atom. The van der Waals surface area contributed by atoms with Crippen LogP contribution in [0.15, 0.2) is 42.9 Å². The van der Waals surface area contributed by atoms with Gasteiger partial charge in [-0.3, -0.25) is 0 Å². The first kappa shape index (κ1) is 11.0. The van der Waals surface area contributed by atoms with Crippen molar-refractivity contribution < 1.29 is 0 Å². The minimum absolute atomic E-state index is 0.885. The Morgan fingerprint density at radius 2 is 2.11 bits per heavy atom. The molecule has 0 fully saturated rings. The fourth-order valence-electron chi connectivity index (χ4n) is 2.17. The summed E-state index contributed by atoms with van der Waals surface area (Å²) < 4.78 is 0. The molecule has 0 aliphatic carbocycles. The van der Waals surface area contributed by atoms with E-state index in [1.54, 1.807) is 6.20 Å². The van der Waals surface area contributed by atoms with Gasteiger partial charge in [0, 0.05) is 49.0 Å². The molecule has 0 aliphatic rings. The molecule has 0 radical (unpaired) electrons. The molecule has 4 heteroatoms. The van der Waals surface area contributed by atoms with E-state index in [1.807, 2.05) is 12.4 Å². The van der Waals surface area contributed by atoms with Crippen LogP contribution in [0.2, 0.25) is 0 Å². The van der Waals surface area contributed by atoms with E-state index in [1.165, 1.54) is 16.5 Å². The van der Waals surface area contributed by atoms with Crippen LogP contribution in [0.3, 0.4) is 0 Å². The molecule has 2 heterocycles. The minimum atomic E-state index is 0.885. The number of nitrogens with zero attached hydrogens (tertiary/aromatic N) is 1. The summed E-state index contributed by atoms with van der Waals surface area (Å²) in [4.78, 5) is 10.5. The van der Waals surface area contributed by atoms with Crippen molar-refractivity contribution in [2.24, 2.45) is 0 Å². The Bertz CT molecular complexity index is 610. The highest BCUT2D eigenvalue weighted by Crippen LogP contribution is 2.16. The molecular formula is C14H16N4. The average molecular weight is 240 g/mol. The summed E-state index contributed by atoms with van der Waals surface area (Å²) in [5.74, 6) is 1.03. The Hall–Kier alpha value is -2.07. The molecule has 0 atom stereocenters. The summed E-state index contributed by atoms with van der Waals surface area (Å²) in [5.41, 5.74) is 2.52. The molecule has 92 valence electrons. The molecule has 2 aromatic heterocycles. The molecule has 1 aromatic carbocycles. The molecule has 0 aliphatic heterocycles. The number of aromatic nitrogens is 3. The molecule has 0 spiro atoms. The number of hydrogen-bond acceptors (Lipinski definition) is 2. The molecule has 3 N–H and O–H groups in total. The number of nitrogens with one attached hydrogen (secondary N) is 3. The SMILES string of the molecule is c1cc(CNCCc2ncc[nH]2)c2cc[nH]c2c1. The molecule has 3 rings (SSSR count). The van der Waals surface area contributed by atoms with Crippen LogP contribution in [-0.2, 0) is 13.0 Å². The molecular weight excluding hydrogens is 224 g/mol. The van der Waals surface area contributed by atoms with Crippen LogP contribution >= 0.6 is 0 Å². The normalized spacial score (nSPS) is 11.1. The summed E-state index contributed by atoms with van der Waals surface area (Å²) in [6.45, 7) is 1.81. The quantitative estimate of drug-likeness (QED) is 0.599. The highest BCUT2D eigenvalue weighted by atomic mass is 14.9. The molecule has 0 bridgehead atoms. The lowest BCUT2D eigenvalue weighted by Crippen LogP contribution is -2.17. The van der Waals surface area contributed by atoms with Gasteiger partial charge in [0.2, 0.25) is 0 Å². The van der Waals surface area contributed by atoms with Crippen LogP contribution in [-0.4, -0.2) is 21.5 Å². The highest BCUT2D eigenvalue weighted by molar-refractivity contribution is 5.82. The first-order valence-electron chi connectivity index (χ1n) is 6.17. The standard InChI is InChI=1S/C14H16N4/c1-2-11(12-4-7-16-13(12)3-1)10-15-6-5-14-17-8-9-18-14/h1-4,7-9,15-16H,5-6,10H2,(H,17,18). The van der Waals surface area contributed by atoms with Gasteiger partial charge in [-0.05, 0) is 17.7 Å². The van der Waals surface area contributed by atoms with Gasteiger partial charge in [-0.25, -0.2) is 4.98 Å². The van der Waals surface area contributed by atoms with Gasteiger partial charge >= 0.3 is 0 Å². The number of rotatable bonds is 5. The number of hydrogen-bond donors (Lipinski definition) is 3. The third-order valence-corrected chi connectivity index (χ3v) is 3.09. The predicted molar refractivity (Wildman–Crippen MR) is 72.3 cm³/mol. The van der Waals surface area contributed by atoms with Gasteiger partial charge in [0.05, 0.1) is 0 Å². The number of fused-ring (bicyclic) bond motifs is 1. The summed E-state index contributed by atoms with van der Waals surface area (Å²) in [7, 11) is 0. The smallest absolute Gasteiger partial charge is 0.107 e. The number of imidazole rings is 1. The highest BCUT2D eigenvalue weighted by Gasteiger charge is 2.01.